The minimum Gasteiger partial charge on any atom is -0.378 e. The minimum absolute atomic E-state index is 0.174. The molecule has 0 bridgehead atoms. The fraction of sp³-hybridized carbons (Fsp3) is 0.200. The van der Waals surface area contributed by atoms with Gasteiger partial charge in [-0.05, 0) is 29.8 Å². The molecule has 0 saturated carbocycles. The zero-order chi connectivity index (χ0) is 13.8. The van der Waals surface area contributed by atoms with E-state index in [1.807, 2.05) is 49.3 Å². The molecule has 2 rings (SSSR count). The molecule has 19 heavy (non-hydrogen) atoms. The number of hydrogen-bond acceptors (Lipinski definition) is 3. The van der Waals surface area contributed by atoms with E-state index in [0.717, 1.165) is 11.3 Å². The average Bonchev–Trinajstić information content (AvgIpc) is 2.42. The van der Waals surface area contributed by atoms with Crippen molar-refractivity contribution in [3.05, 3.63) is 64.1 Å². The van der Waals surface area contributed by atoms with E-state index < -0.39 is 0 Å². The molecule has 0 N–H and O–H groups in total. The normalized spacial score (nSPS) is 9.95. The monoisotopic (exact) mass is 253 g/mol. The van der Waals surface area contributed by atoms with Crippen LogP contribution < -0.4 is 10.5 Å². The molecule has 0 atom stereocenters. The van der Waals surface area contributed by atoms with Crippen molar-refractivity contribution >= 4 is 5.69 Å². The topological polar surface area (TPSA) is 49.0 Å². The van der Waals surface area contributed by atoms with Gasteiger partial charge in [0.25, 0.3) is 5.56 Å². The molecule has 4 heteroatoms. The zero-order valence-electron chi connectivity index (χ0n) is 11.0. The van der Waals surface area contributed by atoms with Gasteiger partial charge in [0.1, 0.15) is 11.6 Å². The Morgan fingerprint density at radius 1 is 1.21 bits per heavy atom. The smallest absolute Gasteiger partial charge is 0.268 e. The fourth-order valence-corrected chi connectivity index (χ4v) is 1.84. The third-order valence-electron chi connectivity index (χ3n) is 2.95. The van der Waals surface area contributed by atoms with E-state index in [4.69, 9.17) is 5.26 Å². The second-order valence-electron chi connectivity index (χ2n) is 4.53. The summed E-state index contributed by atoms with van der Waals surface area (Å²) in [4.78, 5) is 13.9. The summed E-state index contributed by atoms with van der Waals surface area (Å²) in [6.07, 6.45) is 1.70. The number of rotatable bonds is 3. The number of hydrogen-bond donors (Lipinski definition) is 0. The van der Waals surface area contributed by atoms with Crippen LogP contribution in [0.25, 0.3) is 0 Å². The predicted molar refractivity (Wildman–Crippen MR) is 75.3 cm³/mol. The molecule has 1 heterocycles. The van der Waals surface area contributed by atoms with Gasteiger partial charge in [-0.25, -0.2) is 0 Å². The predicted octanol–water partition coefficient (Wildman–Crippen LogP) is 1.83. The van der Waals surface area contributed by atoms with Crippen LogP contribution >= 0.6 is 0 Å². The first-order valence-corrected chi connectivity index (χ1v) is 5.97. The standard InChI is InChI=1S/C15H15N3O/c1-17(2)14-7-5-12(6-8-14)11-18-9-3-4-13(10-16)15(18)19/h3-9H,11H2,1-2H3. The van der Waals surface area contributed by atoms with Crippen LogP contribution in [-0.4, -0.2) is 18.7 Å². The first-order chi connectivity index (χ1) is 9.11. The number of pyridine rings is 1. The molecule has 2 aromatic rings. The van der Waals surface area contributed by atoms with Crippen LogP contribution in [0.15, 0.2) is 47.4 Å². The zero-order valence-corrected chi connectivity index (χ0v) is 11.0. The van der Waals surface area contributed by atoms with Crippen LogP contribution in [0.1, 0.15) is 11.1 Å². The molecular weight excluding hydrogens is 238 g/mol. The lowest BCUT2D eigenvalue weighted by molar-refractivity contribution is 0.756. The van der Waals surface area contributed by atoms with Gasteiger partial charge in [-0.3, -0.25) is 4.79 Å². The van der Waals surface area contributed by atoms with Gasteiger partial charge in [0, 0.05) is 26.0 Å². The van der Waals surface area contributed by atoms with Gasteiger partial charge in [-0.15, -0.1) is 0 Å². The summed E-state index contributed by atoms with van der Waals surface area (Å²) in [6, 6.07) is 13.1. The molecule has 1 aromatic heterocycles. The van der Waals surface area contributed by atoms with Gasteiger partial charge in [0.05, 0.1) is 6.54 Å². The lowest BCUT2D eigenvalue weighted by atomic mass is 10.2. The summed E-state index contributed by atoms with van der Waals surface area (Å²) in [6.45, 7) is 0.474. The number of nitrogens with zero attached hydrogens (tertiary/aromatic N) is 3. The fourth-order valence-electron chi connectivity index (χ4n) is 1.84. The van der Waals surface area contributed by atoms with Crippen molar-refractivity contribution in [2.24, 2.45) is 0 Å². The highest BCUT2D eigenvalue weighted by Crippen LogP contribution is 2.12. The summed E-state index contributed by atoms with van der Waals surface area (Å²) in [5, 5.41) is 8.84. The van der Waals surface area contributed by atoms with E-state index >= 15 is 0 Å². The Morgan fingerprint density at radius 2 is 1.89 bits per heavy atom. The highest BCUT2D eigenvalue weighted by Gasteiger charge is 2.03. The summed E-state index contributed by atoms with van der Waals surface area (Å²) in [5.41, 5.74) is 2.07. The Bertz CT molecular complexity index is 663. The van der Waals surface area contributed by atoms with Crippen molar-refractivity contribution in [3.63, 3.8) is 0 Å². The third kappa shape index (κ3) is 2.83. The molecule has 1 aromatic carbocycles. The molecule has 4 nitrogen and oxygen atoms in total. The lowest BCUT2D eigenvalue weighted by Crippen LogP contribution is -2.22. The van der Waals surface area contributed by atoms with Crippen molar-refractivity contribution in [3.8, 4) is 6.07 Å². The molecule has 0 unspecified atom stereocenters. The Labute approximate surface area is 112 Å². The number of benzene rings is 1. The van der Waals surface area contributed by atoms with Crippen molar-refractivity contribution in [1.29, 1.82) is 5.26 Å². The third-order valence-corrected chi connectivity index (χ3v) is 2.95. The maximum atomic E-state index is 11.9. The van der Waals surface area contributed by atoms with Gasteiger partial charge < -0.3 is 9.47 Å². The maximum Gasteiger partial charge on any atom is 0.268 e. The highest BCUT2D eigenvalue weighted by molar-refractivity contribution is 5.46. The first-order valence-electron chi connectivity index (χ1n) is 5.97. The Morgan fingerprint density at radius 3 is 2.47 bits per heavy atom. The van der Waals surface area contributed by atoms with E-state index in [-0.39, 0.29) is 11.1 Å². The van der Waals surface area contributed by atoms with Crippen LogP contribution in [0, 0.1) is 11.3 Å². The van der Waals surface area contributed by atoms with E-state index in [9.17, 15) is 4.79 Å². The summed E-state index contributed by atoms with van der Waals surface area (Å²) in [5.74, 6) is 0. The Hall–Kier alpha value is -2.54. The van der Waals surface area contributed by atoms with Gasteiger partial charge in [0.15, 0.2) is 0 Å². The molecule has 0 aliphatic heterocycles. The summed E-state index contributed by atoms with van der Waals surface area (Å²) >= 11 is 0. The van der Waals surface area contributed by atoms with Crippen molar-refractivity contribution < 1.29 is 0 Å². The van der Waals surface area contributed by atoms with Gasteiger partial charge in [-0.2, -0.15) is 5.26 Å². The maximum absolute atomic E-state index is 11.9. The SMILES string of the molecule is CN(C)c1ccc(Cn2cccc(C#N)c2=O)cc1. The number of anilines is 1. The molecule has 0 aliphatic rings. The second kappa shape index (κ2) is 5.40. The largest absolute Gasteiger partial charge is 0.378 e. The number of aromatic nitrogens is 1. The minimum atomic E-state index is -0.248. The quantitative estimate of drug-likeness (QED) is 0.838. The van der Waals surface area contributed by atoms with Gasteiger partial charge >= 0.3 is 0 Å². The first kappa shape index (κ1) is 12.9. The molecular formula is C15H15N3O. The Balaban J connectivity index is 2.27. The molecule has 0 saturated heterocycles. The molecule has 0 fully saturated rings. The molecule has 0 spiro atoms. The number of nitriles is 1. The van der Waals surface area contributed by atoms with Crippen LogP contribution in [0.3, 0.4) is 0 Å². The van der Waals surface area contributed by atoms with E-state index in [1.54, 1.807) is 16.8 Å². The summed E-state index contributed by atoms with van der Waals surface area (Å²) in [7, 11) is 3.96. The van der Waals surface area contributed by atoms with Gasteiger partial charge in [-0.1, -0.05) is 12.1 Å². The highest BCUT2D eigenvalue weighted by atomic mass is 16.1. The summed E-state index contributed by atoms with van der Waals surface area (Å²) < 4.78 is 1.54. The molecule has 0 radical (unpaired) electrons. The lowest BCUT2D eigenvalue weighted by Gasteiger charge is -2.13. The van der Waals surface area contributed by atoms with E-state index in [2.05, 4.69) is 0 Å². The molecule has 0 amide bonds. The molecule has 0 aliphatic carbocycles. The van der Waals surface area contributed by atoms with Gasteiger partial charge in [0.2, 0.25) is 0 Å². The average molecular weight is 253 g/mol. The van der Waals surface area contributed by atoms with Crippen molar-refractivity contribution in [2.45, 2.75) is 6.54 Å². The van der Waals surface area contributed by atoms with Crippen LogP contribution in [0.5, 0.6) is 0 Å². The van der Waals surface area contributed by atoms with Crippen molar-refractivity contribution in [2.75, 3.05) is 19.0 Å². The molecule has 96 valence electrons. The Kier molecular flexibility index (Phi) is 3.67. The van der Waals surface area contributed by atoms with Crippen LogP contribution in [0.2, 0.25) is 0 Å². The van der Waals surface area contributed by atoms with E-state index in [1.165, 1.54) is 6.07 Å². The second-order valence-corrected chi connectivity index (χ2v) is 4.53. The van der Waals surface area contributed by atoms with Crippen LogP contribution in [-0.2, 0) is 6.54 Å². The van der Waals surface area contributed by atoms with E-state index in [0.29, 0.717) is 6.54 Å². The van der Waals surface area contributed by atoms with Crippen LogP contribution in [0.4, 0.5) is 5.69 Å². The van der Waals surface area contributed by atoms with Crippen molar-refractivity contribution in [1.82, 2.24) is 4.57 Å².